The van der Waals surface area contributed by atoms with E-state index in [0.29, 0.717) is 6.04 Å². The van der Waals surface area contributed by atoms with E-state index in [9.17, 15) is 4.79 Å². The van der Waals surface area contributed by atoms with Crippen LogP contribution in [0.4, 0.5) is 0 Å². The first-order chi connectivity index (χ1) is 7.27. The third-order valence-electron chi connectivity index (χ3n) is 2.84. The molecule has 0 fully saturated rings. The summed E-state index contributed by atoms with van der Waals surface area (Å²) < 4.78 is 1.91. The van der Waals surface area contributed by atoms with E-state index in [2.05, 4.69) is 13.0 Å². The van der Waals surface area contributed by atoms with Gasteiger partial charge in [0.1, 0.15) is 0 Å². The molecule has 2 heterocycles. The number of hydrogen-bond acceptors (Lipinski definition) is 2. The highest BCUT2D eigenvalue weighted by Crippen LogP contribution is 2.32. The van der Waals surface area contributed by atoms with Gasteiger partial charge in [0, 0.05) is 17.2 Å². The van der Waals surface area contributed by atoms with E-state index in [1.807, 2.05) is 28.8 Å². The molecule has 2 nitrogen and oxygen atoms in total. The second kappa shape index (κ2) is 3.14. The molecular weight excluding hydrogens is 206 g/mol. The van der Waals surface area contributed by atoms with Crippen LogP contribution in [0, 0.1) is 0 Å². The number of thioether (sulfide) groups is 1. The molecule has 15 heavy (non-hydrogen) atoms. The molecule has 0 spiro atoms. The van der Waals surface area contributed by atoms with E-state index >= 15 is 0 Å². The highest BCUT2D eigenvalue weighted by atomic mass is 32.2. The number of aromatic nitrogens is 1. The van der Waals surface area contributed by atoms with Crippen LogP contribution in [-0.2, 0) is 0 Å². The highest BCUT2D eigenvalue weighted by molar-refractivity contribution is 7.99. The van der Waals surface area contributed by atoms with Crippen LogP contribution in [0.2, 0.25) is 0 Å². The number of rotatable bonds is 0. The summed E-state index contributed by atoms with van der Waals surface area (Å²) in [4.78, 5) is 12.2. The van der Waals surface area contributed by atoms with Gasteiger partial charge in [-0.25, -0.2) is 0 Å². The molecule has 3 rings (SSSR count). The first kappa shape index (κ1) is 9.04. The van der Waals surface area contributed by atoms with Gasteiger partial charge >= 0.3 is 0 Å². The maximum Gasteiger partial charge on any atom is 0.259 e. The number of hydrogen-bond donors (Lipinski definition) is 0. The molecule has 1 unspecified atom stereocenters. The van der Waals surface area contributed by atoms with Crippen LogP contribution in [0.1, 0.15) is 13.0 Å². The van der Waals surface area contributed by atoms with Crippen molar-refractivity contribution in [3.8, 4) is 0 Å². The molecule has 1 aromatic carbocycles. The second-order valence-electron chi connectivity index (χ2n) is 3.91. The van der Waals surface area contributed by atoms with Crippen LogP contribution >= 0.6 is 11.8 Å². The summed E-state index contributed by atoms with van der Waals surface area (Å²) in [5.41, 5.74) is 0.153. The Morgan fingerprint density at radius 2 is 2.20 bits per heavy atom. The Morgan fingerprint density at radius 3 is 3.07 bits per heavy atom. The van der Waals surface area contributed by atoms with Gasteiger partial charge in [-0.3, -0.25) is 9.36 Å². The summed E-state index contributed by atoms with van der Waals surface area (Å²) in [6.07, 6.45) is 0. The van der Waals surface area contributed by atoms with E-state index in [-0.39, 0.29) is 5.56 Å². The van der Waals surface area contributed by atoms with Crippen molar-refractivity contribution in [2.24, 2.45) is 0 Å². The largest absolute Gasteiger partial charge is 0.299 e. The van der Waals surface area contributed by atoms with Crippen molar-refractivity contribution >= 4 is 22.5 Å². The molecule has 76 valence electrons. The summed E-state index contributed by atoms with van der Waals surface area (Å²) >= 11 is 1.77. The Balaban J connectivity index is 2.47. The van der Waals surface area contributed by atoms with Gasteiger partial charge in [-0.1, -0.05) is 18.2 Å². The van der Waals surface area contributed by atoms with Crippen molar-refractivity contribution in [2.45, 2.75) is 18.0 Å². The zero-order valence-corrected chi connectivity index (χ0v) is 9.25. The molecule has 1 aromatic heterocycles. The first-order valence-corrected chi connectivity index (χ1v) is 6.03. The molecule has 3 heteroatoms. The maximum atomic E-state index is 12.2. The van der Waals surface area contributed by atoms with E-state index < -0.39 is 0 Å². The molecule has 0 radical (unpaired) electrons. The molecule has 1 atom stereocenters. The first-order valence-electron chi connectivity index (χ1n) is 5.04. The fourth-order valence-corrected chi connectivity index (χ4v) is 3.23. The SMILES string of the molecule is CC1CSc2cc3ccccc3c(=O)n21. The molecule has 2 aromatic rings. The topological polar surface area (TPSA) is 22.0 Å². The zero-order valence-electron chi connectivity index (χ0n) is 8.43. The standard InChI is InChI=1S/C12H11NOS/c1-8-7-15-11-6-9-4-2-3-5-10(9)12(14)13(8)11/h2-6,8H,7H2,1H3. The second-order valence-corrected chi connectivity index (χ2v) is 4.95. The summed E-state index contributed by atoms with van der Waals surface area (Å²) in [5, 5.41) is 2.98. The molecule has 1 aliphatic heterocycles. The lowest BCUT2D eigenvalue weighted by Crippen LogP contribution is -2.21. The molecule has 0 bridgehead atoms. The van der Waals surface area contributed by atoms with Crippen LogP contribution in [0.3, 0.4) is 0 Å². The molecule has 0 saturated heterocycles. The Morgan fingerprint density at radius 1 is 1.40 bits per heavy atom. The predicted molar refractivity (Wildman–Crippen MR) is 63.6 cm³/mol. The van der Waals surface area contributed by atoms with E-state index in [4.69, 9.17) is 0 Å². The fourth-order valence-electron chi connectivity index (χ4n) is 2.06. The normalized spacial score (nSPS) is 19.4. The summed E-state index contributed by atoms with van der Waals surface area (Å²) in [6.45, 7) is 2.10. The fraction of sp³-hybridized carbons (Fsp3) is 0.250. The van der Waals surface area contributed by atoms with Crippen LogP contribution in [0.15, 0.2) is 40.2 Å². The third kappa shape index (κ3) is 1.23. The monoisotopic (exact) mass is 217 g/mol. The minimum atomic E-state index is 0.153. The lowest BCUT2D eigenvalue weighted by Gasteiger charge is -2.08. The number of fused-ring (bicyclic) bond motifs is 2. The van der Waals surface area contributed by atoms with Crippen molar-refractivity contribution in [3.63, 3.8) is 0 Å². The van der Waals surface area contributed by atoms with Crippen LogP contribution in [0.25, 0.3) is 10.8 Å². The van der Waals surface area contributed by atoms with Crippen molar-refractivity contribution in [1.82, 2.24) is 4.57 Å². The third-order valence-corrected chi connectivity index (χ3v) is 4.10. The van der Waals surface area contributed by atoms with Gasteiger partial charge in [0.15, 0.2) is 0 Å². The Labute approximate surface area is 91.9 Å². The van der Waals surface area contributed by atoms with Crippen LogP contribution < -0.4 is 5.56 Å². The minimum absolute atomic E-state index is 0.153. The Hall–Kier alpha value is -1.22. The number of nitrogens with zero attached hydrogens (tertiary/aromatic N) is 1. The van der Waals surface area contributed by atoms with Gasteiger partial charge in [-0.15, -0.1) is 11.8 Å². The smallest absolute Gasteiger partial charge is 0.259 e. The average molecular weight is 217 g/mol. The predicted octanol–water partition coefficient (Wildman–Crippen LogP) is 2.67. The Bertz CT molecular complexity index is 588. The van der Waals surface area contributed by atoms with Crippen LogP contribution in [0.5, 0.6) is 0 Å². The molecule has 1 aliphatic rings. The minimum Gasteiger partial charge on any atom is -0.299 e. The van der Waals surface area contributed by atoms with E-state index in [1.54, 1.807) is 11.8 Å². The Kier molecular flexibility index (Phi) is 1.89. The van der Waals surface area contributed by atoms with Gasteiger partial charge in [0.25, 0.3) is 5.56 Å². The van der Waals surface area contributed by atoms with E-state index in [1.165, 1.54) is 0 Å². The molecular formula is C12H11NOS. The van der Waals surface area contributed by atoms with Crippen LogP contribution in [-0.4, -0.2) is 10.3 Å². The average Bonchev–Trinajstić information content (AvgIpc) is 2.61. The van der Waals surface area contributed by atoms with Gasteiger partial charge < -0.3 is 0 Å². The molecule has 0 aliphatic carbocycles. The van der Waals surface area contributed by atoms with Gasteiger partial charge in [0.05, 0.1) is 5.03 Å². The maximum absolute atomic E-state index is 12.2. The van der Waals surface area contributed by atoms with E-state index in [0.717, 1.165) is 21.6 Å². The zero-order chi connectivity index (χ0) is 10.4. The van der Waals surface area contributed by atoms with Crippen molar-refractivity contribution in [1.29, 1.82) is 0 Å². The van der Waals surface area contributed by atoms with Gasteiger partial charge in [-0.2, -0.15) is 0 Å². The summed E-state index contributed by atoms with van der Waals surface area (Å²) in [5.74, 6) is 1.01. The molecule has 0 amide bonds. The quantitative estimate of drug-likeness (QED) is 0.676. The van der Waals surface area contributed by atoms with Gasteiger partial charge in [-0.05, 0) is 24.4 Å². The summed E-state index contributed by atoms with van der Waals surface area (Å²) in [7, 11) is 0. The van der Waals surface area contributed by atoms with Crippen molar-refractivity contribution < 1.29 is 0 Å². The van der Waals surface area contributed by atoms with Crippen molar-refractivity contribution in [3.05, 3.63) is 40.7 Å². The highest BCUT2D eigenvalue weighted by Gasteiger charge is 2.20. The number of benzene rings is 1. The lowest BCUT2D eigenvalue weighted by molar-refractivity contribution is 0.569. The molecule has 0 N–H and O–H groups in total. The molecule has 0 saturated carbocycles. The number of pyridine rings is 1. The van der Waals surface area contributed by atoms with Gasteiger partial charge in [0.2, 0.25) is 0 Å². The lowest BCUT2D eigenvalue weighted by atomic mass is 10.1. The summed E-state index contributed by atoms with van der Waals surface area (Å²) in [6, 6.07) is 10.2. The van der Waals surface area contributed by atoms with Crippen molar-refractivity contribution in [2.75, 3.05) is 5.75 Å².